The normalized spacial score (nSPS) is 11.3. The van der Waals surface area contributed by atoms with Crippen molar-refractivity contribution in [1.82, 2.24) is 15.2 Å². The Morgan fingerprint density at radius 1 is 1.38 bits per heavy atom. The molecule has 0 radical (unpaired) electrons. The molecule has 1 rings (SSSR count). The molecule has 0 aliphatic carbocycles. The number of hydrogen-bond donors (Lipinski definition) is 1. The predicted molar refractivity (Wildman–Crippen MR) is 84.4 cm³/mol. The number of nitrogens with zero attached hydrogens (tertiary/aromatic N) is 2. The zero-order valence-electron chi connectivity index (χ0n) is 14.0. The fraction of sp³-hybridized carbons (Fsp3) is 0.625. The Labute approximate surface area is 127 Å². The highest BCUT2D eigenvalue weighted by molar-refractivity contribution is 5.77. The van der Waals surface area contributed by atoms with Crippen molar-refractivity contribution in [2.45, 2.75) is 46.7 Å². The van der Waals surface area contributed by atoms with Gasteiger partial charge in [0.2, 0.25) is 0 Å². The van der Waals surface area contributed by atoms with Gasteiger partial charge in [0, 0.05) is 31.4 Å². The van der Waals surface area contributed by atoms with Crippen LogP contribution in [-0.4, -0.2) is 41.5 Å². The summed E-state index contributed by atoms with van der Waals surface area (Å²) in [6.07, 6.45) is 0. The highest BCUT2D eigenvalue weighted by atomic mass is 16.5. The molecule has 5 nitrogen and oxygen atoms in total. The van der Waals surface area contributed by atoms with Crippen molar-refractivity contribution in [3.8, 4) is 5.75 Å². The lowest BCUT2D eigenvalue weighted by molar-refractivity contribution is -0.131. The van der Waals surface area contributed by atoms with Gasteiger partial charge >= 0.3 is 0 Å². The molecule has 0 aromatic carbocycles. The van der Waals surface area contributed by atoms with Crippen LogP contribution in [0.4, 0.5) is 0 Å². The molecule has 0 aliphatic heterocycles. The largest absolute Gasteiger partial charge is 0.482 e. The van der Waals surface area contributed by atoms with Gasteiger partial charge in [0.25, 0.3) is 5.91 Å². The molecular formula is C16H27N3O2. The Hall–Kier alpha value is -1.62. The number of aryl methyl sites for hydroxylation is 1. The first-order valence-corrected chi connectivity index (χ1v) is 7.31. The third-order valence-electron chi connectivity index (χ3n) is 3.11. The first-order valence-electron chi connectivity index (χ1n) is 7.31. The summed E-state index contributed by atoms with van der Waals surface area (Å²) < 4.78 is 5.65. The van der Waals surface area contributed by atoms with Crippen LogP contribution in [0.1, 0.15) is 39.1 Å². The van der Waals surface area contributed by atoms with Gasteiger partial charge in [0.1, 0.15) is 5.75 Å². The van der Waals surface area contributed by atoms with E-state index in [0.717, 1.165) is 11.4 Å². The molecular weight excluding hydrogens is 266 g/mol. The van der Waals surface area contributed by atoms with E-state index in [1.807, 2.05) is 26.0 Å². The Morgan fingerprint density at radius 3 is 2.62 bits per heavy atom. The number of carbonyl (C=O) groups is 1. The number of likely N-dealkylation sites (N-methyl/N-ethyl adjacent to an activating group) is 1. The summed E-state index contributed by atoms with van der Waals surface area (Å²) in [4.78, 5) is 17.9. The SMILES string of the molecule is CCN(C)C(=O)COc1ccc(C)nc1CNC(C)(C)C. The summed E-state index contributed by atoms with van der Waals surface area (Å²) in [5.74, 6) is 0.628. The van der Waals surface area contributed by atoms with Crippen LogP contribution >= 0.6 is 0 Å². The number of pyridine rings is 1. The maximum atomic E-state index is 11.8. The van der Waals surface area contributed by atoms with Crippen molar-refractivity contribution in [3.63, 3.8) is 0 Å². The molecule has 0 saturated heterocycles. The van der Waals surface area contributed by atoms with Gasteiger partial charge in [-0.05, 0) is 46.8 Å². The number of hydrogen-bond acceptors (Lipinski definition) is 4. The summed E-state index contributed by atoms with van der Waals surface area (Å²) in [6, 6.07) is 3.77. The molecule has 0 bridgehead atoms. The fourth-order valence-corrected chi connectivity index (χ4v) is 1.63. The highest BCUT2D eigenvalue weighted by Crippen LogP contribution is 2.18. The van der Waals surface area contributed by atoms with Crippen LogP contribution in [0.15, 0.2) is 12.1 Å². The zero-order chi connectivity index (χ0) is 16.0. The van der Waals surface area contributed by atoms with Crippen LogP contribution < -0.4 is 10.1 Å². The van der Waals surface area contributed by atoms with Gasteiger partial charge in [0.15, 0.2) is 6.61 Å². The molecule has 1 amide bonds. The number of aromatic nitrogens is 1. The molecule has 0 saturated carbocycles. The van der Waals surface area contributed by atoms with Gasteiger partial charge in [-0.25, -0.2) is 0 Å². The summed E-state index contributed by atoms with van der Waals surface area (Å²) in [5, 5.41) is 3.39. The predicted octanol–water partition coefficient (Wildman–Crippen LogP) is 2.14. The Morgan fingerprint density at radius 2 is 2.05 bits per heavy atom. The molecule has 21 heavy (non-hydrogen) atoms. The smallest absolute Gasteiger partial charge is 0.260 e. The molecule has 5 heteroatoms. The van der Waals surface area contributed by atoms with E-state index in [4.69, 9.17) is 4.74 Å². The van der Waals surface area contributed by atoms with E-state index in [2.05, 4.69) is 31.1 Å². The average molecular weight is 293 g/mol. The van der Waals surface area contributed by atoms with Gasteiger partial charge in [-0.15, -0.1) is 0 Å². The van der Waals surface area contributed by atoms with E-state index in [1.54, 1.807) is 11.9 Å². The van der Waals surface area contributed by atoms with Gasteiger partial charge in [0.05, 0.1) is 5.69 Å². The minimum Gasteiger partial charge on any atom is -0.482 e. The fourth-order valence-electron chi connectivity index (χ4n) is 1.63. The topological polar surface area (TPSA) is 54.5 Å². The minimum atomic E-state index is -0.0344. The van der Waals surface area contributed by atoms with Crippen LogP contribution in [0, 0.1) is 6.92 Å². The second kappa shape index (κ2) is 7.41. The van der Waals surface area contributed by atoms with Crippen LogP contribution in [0.3, 0.4) is 0 Å². The van der Waals surface area contributed by atoms with E-state index in [-0.39, 0.29) is 18.1 Å². The van der Waals surface area contributed by atoms with E-state index in [9.17, 15) is 4.79 Å². The Kier molecular flexibility index (Phi) is 6.15. The molecule has 1 aromatic heterocycles. The summed E-state index contributed by atoms with van der Waals surface area (Å²) in [7, 11) is 1.77. The monoisotopic (exact) mass is 293 g/mol. The second-order valence-corrected chi connectivity index (χ2v) is 6.20. The first-order chi connectivity index (χ1) is 9.73. The van der Waals surface area contributed by atoms with Crippen molar-refractivity contribution < 1.29 is 9.53 Å². The zero-order valence-corrected chi connectivity index (χ0v) is 14.0. The van der Waals surface area contributed by atoms with Gasteiger partial charge in [-0.1, -0.05) is 0 Å². The van der Waals surface area contributed by atoms with E-state index < -0.39 is 0 Å². The molecule has 0 fully saturated rings. The molecule has 118 valence electrons. The van der Waals surface area contributed by atoms with Gasteiger partial charge in [-0.2, -0.15) is 0 Å². The standard InChI is InChI=1S/C16H27N3O2/c1-7-19(6)15(20)11-21-14-9-8-12(2)18-13(14)10-17-16(3,4)5/h8-9,17H,7,10-11H2,1-6H3. The summed E-state index contributed by atoms with van der Waals surface area (Å²) in [5.41, 5.74) is 1.77. The van der Waals surface area contributed by atoms with Crippen LogP contribution in [0.2, 0.25) is 0 Å². The molecule has 1 heterocycles. The van der Waals surface area contributed by atoms with Crippen molar-refractivity contribution in [2.24, 2.45) is 0 Å². The van der Waals surface area contributed by atoms with Crippen molar-refractivity contribution in [2.75, 3.05) is 20.2 Å². The second-order valence-electron chi connectivity index (χ2n) is 6.20. The average Bonchev–Trinajstić information content (AvgIpc) is 2.41. The van der Waals surface area contributed by atoms with Crippen molar-refractivity contribution in [3.05, 3.63) is 23.5 Å². The number of carbonyl (C=O) groups excluding carboxylic acids is 1. The van der Waals surface area contributed by atoms with Crippen molar-refractivity contribution >= 4 is 5.91 Å². The Bertz CT molecular complexity index is 481. The molecule has 0 atom stereocenters. The lowest BCUT2D eigenvalue weighted by Crippen LogP contribution is -2.35. The molecule has 1 aromatic rings. The third-order valence-corrected chi connectivity index (χ3v) is 3.11. The van der Waals surface area contributed by atoms with Crippen LogP contribution in [0.5, 0.6) is 5.75 Å². The minimum absolute atomic E-state index is 0.000937. The number of ether oxygens (including phenoxy) is 1. The third kappa shape index (κ3) is 6.12. The number of amides is 1. The first kappa shape index (κ1) is 17.4. The van der Waals surface area contributed by atoms with Crippen LogP contribution in [0.25, 0.3) is 0 Å². The van der Waals surface area contributed by atoms with E-state index in [0.29, 0.717) is 18.8 Å². The van der Waals surface area contributed by atoms with Crippen LogP contribution in [-0.2, 0) is 11.3 Å². The lowest BCUT2D eigenvalue weighted by atomic mass is 10.1. The lowest BCUT2D eigenvalue weighted by Gasteiger charge is -2.21. The molecule has 0 spiro atoms. The number of nitrogens with one attached hydrogen (secondary N) is 1. The van der Waals surface area contributed by atoms with E-state index in [1.165, 1.54) is 0 Å². The summed E-state index contributed by atoms with van der Waals surface area (Å²) >= 11 is 0. The van der Waals surface area contributed by atoms with Gasteiger partial charge in [-0.3, -0.25) is 9.78 Å². The van der Waals surface area contributed by atoms with E-state index >= 15 is 0 Å². The van der Waals surface area contributed by atoms with Crippen molar-refractivity contribution in [1.29, 1.82) is 0 Å². The summed E-state index contributed by atoms with van der Waals surface area (Å²) in [6.45, 7) is 11.5. The maximum Gasteiger partial charge on any atom is 0.260 e. The quantitative estimate of drug-likeness (QED) is 0.873. The van der Waals surface area contributed by atoms with Gasteiger partial charge < -0.3 is 15.0 Å². The molecule has 1 N–H and O–H groups in total. The number of rotatable bonds is 6. The maximum absolute atomic E-state index is 11.8. The molecule has 0 unspecified atom stereocenters. The molecule has 0 aliphatic rings. The Balaban J connectivity index is 2.75. The highest BCUT2D eigenvalue weighted by Gasteiger charge is 2.14.